The second-order valence-electron chi connectivity index (χ2n) is 11.8. The van der Waals surface area contributed by atoms with E-state index in [9.17, 15) is 31.2 Å². The fraction of sp³-hybridized carbons (Fsp3) is 0.278. The van der Waals surface area contributed by atoms with Crippen molar-refractivity contribution in [3.05, 3.63) is 131 Å². The lowest BCUT2D eigenvalue weighted by Crippen LogP contribution is -2.54. The van der Waals surface area contributed by atoms with Crippen LogP contribution < -0.4 is 9.62 Å². The van der Waals surface area contributed by atoms with Gasteiger partial charge in [-0.15, -0.1) is 0 Å². The summed E-state index contributed by atoms with van der Waals surface area (Å²) >= 11 is 0. The molecule has 0 aliphatic rings. The average molecular weight is 666 g/mol. The molecule has 4 aromatic rings. The van der Waals surface area contributed by atoms with Crippen LogP contribution in [-0.2, 0) is 38.8 Å². The molecule has 0 aromatic heterocycles. The first-order valence-electron chi connectivity index (χ1n) is 15.1. The Morgan fingerprint density at radius 3 is 2.04 bits per heavy atom. The Hall–Kier alpha value is -4.64. The second kappa shape index (κ2) is 14.8. The SMILES string of the molecule is Cc1ccc(S(=O)(=O)N(CC(=O)N(Cc2cccc(C)c2)[C@H](Cc2ccccc2)C(=O)NC(C)C)c2cccc(C(F)(F)F)c2)cc1. The minimum absolute atomic E-state index is 0.0511. The molecule has 4 rings (SSSR count). The van der Waals surface area contributed by atoms with E-state index in [4.69, 9.17) is 0 Å². The number of aryl methyl sites for hydroxylation is 2. The van der Waals surface area contributed by atoms with Crippen molar-refractivity contribution in [3.8, 4) is 0 Å². The zero-order valence-electron chi connectivity index (χ0n) is 26.7. The third-order valence-corrected chi connectivity index (χ3v) is 9.27. The summed E-state index contributed by atoms with van der Waals surface area (Å²) in [5.74, 6) is -1.21. The summed E-state index contributed by atoms with van der Waals surface area (Å²) < 4.78 is 70.2. The van der Waals surface area contributed by atoms with Crippen LogP contribution in [0.4, 0.5) is 18.9 Å². The van der Waals surface area contributed by atoms with Gasteiger partial charge in [0.2, 0.25) is 11.8 Å². The molecule has 1 N–H and O–H groups in total. The van der Waals surface area contributed by atoms with Crippen molar-refractivity contribution >= 4 is 27.5 Å². The van der Waals surface area contributed by atoms with Crippen LogP contribution in [0, 0.1) is 13.8 Å². The summed E-state index contributed by atoms with van der Waals surface area (Å²) in [5.41, 5.74) is 1.74. The van der Waals surface area contributed by atoms with Crippen molar-refractivity contribution in [1.82, 2.24) is 10.2 Å². The first-order valence-corrected chi connectivity index (χ1v) is 16.5. The molecule has 0 fully saturated rings. The van der Waals surface area contributed by atoms with E-state index in [0.717, 1.165) is 28.8 Å². The van der Waals surface area contributed by atoms with Gasteiger partial charge in [0.25, 0.3) is 10.0 Å². The summed E-state index contributed by atoms with van der Waals surface area (Å²) in [7, 11) is -4.55. The van der Waals surface area contributed by atoms with Crippen LogP contribution in [0.3, 0.4) is 0 Å². The van der Waals surface area contributed by atoms with Gasteiger partial charge in [0.1, 0.15) is 12.6 Å². The van der Waals surface area contributed by atoms with Gasteiger partial charge in [-0.1, -0.05) is 83.9 Å². The van der Waals surface area contributed by atoms with Gasteiger partial charge >= 0.3 is 6.18 Å². The lowest BCUT2D eigenvalue weighted by Gasteiger charge is -2.34. The largest absolute Gasteiger partial charge is 0.416 e. The first kappa shape index (κ1) is 35.2. The van der Waals surface area contributed by atoms with Crippen LogP contribution in [0.1, 0.15) is 41.7 Å². The van der Waals surface area contributed by atoms with Gasteiger partial charge in [0, 0.05) is 19.0 Å². The zero-order chi connectivity index (χ0) is 34.4. The van der Waals surface area contributed by atoms with Crippen molar-refractivity contribution in [2.75, 3.05) is 10.8 Å². The molecule has 11 heteroatoms. The fourth-order valence-electron chi connectivity index (χ4n) is 5.15. The van der Waals surface area contributed by atoms with Crippen LogP contribution in [0.15, 0.2) is 108 Å². The molecule has 0 aliphatic carbocycles. The number of anilines is 1. The molecule has 0 saturated heterocycles. The van der Waals surface area contributed by atoms with E-state index in [2.05, 4.69) is 5.32 Å². The molecular formula is C36H38F3N3O4S. The molecule has 1 atom stereocenters. The van der Waals surface area contributed by atoms with Crippen LogP contribution >= 0.6 is 0 Å². The number of nitrogens with zero attached hydrogens (tertiary/aromatic N) is 2. The van der Waals surface area contributed by atoms with Crippen molar-refractivity contribution in [3.63, 3.8) is 0 Å². The van der Waals surface area contributed by atoms with Crippen molar-refractivity contribution < 1.29 is 31.2 Å². The molecule has 4 aromatic carbocycles. The van der Waals surface area contributed by atoms with Gasteiger partial charge in [0.15, 0.2) is 0 Å². The number of hydrogen-bond acceptors (Lipinski definition) is 4. The van der Waals surface area contributed by atoms with E-state index in [-0.39, 0.29) is 29.6 Å². The second-order valence-corrected chi connectivity index (χ2v) is 13.6. The standard InChI is InChI=1S/C36H38F3N3O4S/c1-25(2)40-35(44)33(21-28-11-6-5-7-12-28)41(23-29-13-8-10-27(4)20-29)34(43)24-42(31-15-9-14-30(22-31)36(37,38)39)47(45,46)32-18-16-26(3)17-19-32/h5-20,22,25,33H,21,23-24H2,1-4H3,(H,40,44)/t33-/m1/s1. The number of alkyl halides is 3. The Bertz CT molecular complexity index is 1790. The topological polar surface area (TPSA) is 86.8 Å². The number of sulfonamides is 1. The van der Waals surface area contributed by atoms with E-state index >= 15 is 0 Å². The van der Waals surface area contributed by atoms with Crippen LogP contribution in [0.2, 0.25) is 0 Å². The molecule has 248 valence electrons. The lowest BCUT2D eigenvalue weighted by molar-refractivity contribution is -0.140. The molecule has 7 nitrogen and oxygen atoms in total. The molecule has 0 unspecified atom stereocenters. The van der Waals surface area contributed by atoms with Crippen LogP contribution in [0.25, 0.3) is 0 Å². The van der Waals surface area contributed by atoms with E-state index in [1.54, 1.807) is 39.0 Å². The van der Waals surface area contributed by atoms with E-state index in [0.29, 0.717) is 15.9 Å². The van der Waals surface area contributed by atoms with Crippen molar-refractivity contribution in [2.24, 2.45) is 0 Å². The molecule has 0 heterocycles. The summed E-state index contributed by atoms with van der Waals surface area (Å²) in [4.78, 5) is 29.3. The lowest BCUT2D eigenvalue weighted by atomic mass is 10.0. The van der Waals surface area contributed by atoms with Crippen molar-refractivity contribution in [1.29, 1.82) is 0 Å². The normalized spacial score (nSPS) is 12.4. The number of amides is 2. The number of carbonyl (C=O) groups is 2. The number of halogens is 3. The summed E-state index contributed by atoms with van der Waals surface area (Å²) in [5, 5.41) is 2.88. The Kier molecular flexibility index (Phi) is 11.1. The molecule has 0 spiro atoms. The predicted octanol–water partition coefficient (Wildman–Crippen LogP) is 6.68. The number of nitrogens with one attached hydrogen (secondary N) is 1. The minimum Gasteiger partial charge on any atom is -0.352 e. The first-order chi connectivity index (χ1) is 22.1. The number of carbonyl (C=O) groups excluding carboxylic acids is 2. The Morgan fingerprint density at radius 1 is 0.787 bits per heavy atom. The molecule has 0 radical (unpaired) electrons. The maximum absolute atomic E-state index is 14.5. The van der Waals surface area contributed by atoms with E-state index < -0.39 is 46.2 Å². The quantitative estimate of drug-likeness (QED) is 0.183. The average Bonchev–Trinajstić information content (AvgIpc) is 3.01. The summed E-state index contributed by atoms with van der Waals surface area (Å²) in [6.07, 6.45) is -4.64. The Labute approximate surface area is 274 Å². The van der Waals surface area contributed by atoms with Gasteiger partial charge in [-0.3, -0.25) is 13.9 Å². The molecule has 47 heavy (non-hydrogen) atoms. The minimum atomic E-state index is -4.76. The van der Waals surface area contributed by atoms with Gasteiger partial charge in [-0.2, -0.15) is 13.2 Å². The molecular weight excluding hydrogens is 627 g/mol. The predicted molar refractivity (Wildman–Crippen MR) is 176 cm³/mol. The number of hydrogen-bond donors (Lipinski definition) is 1. The highest BCUT2D eigenvalue weighted by Crippen LogP contribution is 2.33. The third-order valence-electron chi connectivity index (χ3n) is 7.49. The molecule has 0 aliphatic heterocycles. The van der Waals surface area contributed by atoms with E-state index in [1.807, 2.05) is 55.5 Å². The van der Waals surface area contributed by atoms with Crippen LogP contribution in [-0.4, -0.2) is 43.8 Å². The van der Waals surface area contributed by atoms with Gasteiger partial charge in [0.05, 0.1) is 16.1 Å². The third kappa shape index (κ3) is 9.22. The van der Waals surface area contributed by atoms with Gasteiger partial charge in [-0.25, -0.2) is 8.42 Å². The Morgan fingerprint density at radius 2 is 1.43 bits per heavy atom. The molecule has 2 amide bonds. The van der Waals surface area contributed by atoms with E-state index in [1.165, 1.54) is 23.1 Å². The smallest absolute Gasteiger partial charge is 0.352 e. The highest BCUT2D eigenvalue weighted by molar-refractivity contribution is 7.92. The number of benzene rings is 4. The van der Waals surface area contributed by atoms with Gasteiger partial charge < -0.3 is 10.2 Å². The summed E-state index contributed by atoms with van der Waals surface area (Å²) in [6.45, 7) is 6.31. The highest BCUT2D eigenvalue weighted by Gasteiger charge is 2.36. The zero-order valence-corrected chi connectivity index (χ0v) is 27.5. The van der Waals surface area contributed by atoms with Crippen LogP contribution in [0.5, 0.6) is 0 Å². The highest BCUT2D eigenvalue weighted by atomic mass is 32.2. The summed E-state index contributed by atoms with van der Waals surface area (Å²) in [6, 6.07) is 24.7. The Balaban J connectivity index is 1.85. The number of rotatable bonds is 12. The fourth-order valence-corrected chi connectivity index (χ4v) is 6.55. The van der Waals surface area contributed by atoms with Crippen molar-refractivity contribution in [2.45, 2.75) is 63.8 Å². The molecule has 0 saturated carbocycles. The monoisotopic (exact) mass is 665 g/mol. The maximum atomic E-state index is 14.5. The maximum Gasteiger partial charge on any atom is 0.416 e. The van der Waals surface area contributed by atoms with Gasteiger partial charge in [-0.05, 0) is 69.2 Å². The molecule has 0 bridgehead atoms.